The summed E-state index contributed by atoms with van der Waals surface area (Å²) in [6, 6.07) is 10.6. The van der Waals surface area contributed by atoms with Gasteiger partial charge >= 0.3 is 18.2 Å². The lowest BCUT2D eigenvalue weighted by molar-refractivity contribution is -0.192. The molecule has 3 N–H and O–H groups in total. The van der Waals surface area contributed by atoms with E-state index in [1.165, 1.54) is 18.2 Å². The van der Waals surface area contributed by atoms with Crippen molar-refractivity contribution in [3.63, 3.8) is 0 Å². The number of nitrogens with one attached hydrogen (secondary N) is 1. The number of hydrogen-bond acceptors (Lipinski definition) is 2. The molecule has 0 aromatic heterocycles. The van der Waals surface area contributed by atoms with Crippen molar-refractivity contribution in [1.29, 1.82) is 0 Å². The van der Waals surface area contributed by atoms with Crippen molar-refractivity contribution in [2.24, 2.45) is 0 Å². The first-order valence-corrected chi connectivity index (χ1v) is 6.74. The van der Waals surface area contributed by atoms with Gasteiger partial charge in [-0.05, 0) is 35.9 Å². The summed E-state index contributed by atoms with van der Waals surface area (Å²) in [4.78, 5) is 19.6. The number of alkyl halides is 3. The van der Waals surface area contributed by atoms with Gasteiger partial charge in [0.2, 0.25) is 0 Å². The van der Waals surface area contributed by atoms with E-state index in [9.17, 15) is 22.4 Å². The molecule has 0 saturated heterocycles. The minimum absolute atomic E-state index is 0.311. The molecule has 0 saturated carbocycles. The van der Waals surface area contributed by atoms with Crippen LogP contribution in [-0.2, 0) is 4.79 Å². The van der Waals surface area contributed by atoms with E-state index in [1.54, 1.807) is 24.3 Å². The van der Waals surface area contributed by atoms with Gasteiger partial charge in [0.05, 0.1) is 5.69 Å². The van der Waals surface area contributed by atoms with Crippen LogP contribution in [0.1, 0.15) is 0 Å². The van der Waals surface area contributed by atoms with Gasteiger partial charge in [-0.25, -0.2) is 14.0 Å². The molecule has 0 radical (unpaired) electrons. The van der Waals surface area contributed by atoms with Crippen molar-refractivity contribution < 1.29 is 37.4 Å². The van der Waals surface area contributed by atoms with E-state index >= 15 is 0 Å². The zero-order valence-corrected chi connectivity index (χ0v) is 12.9. The Morgan fingerprint density at radius 1 is 1.04 bits per heavy atom. The van der Waals surface area contributed by atoms with Gasteiger partial charge in [-0.2, -0.15) is 13.2 Å². The summed E-state index contributed by atoms with van der Waals surface area (Å²) in [5.74, 6) is -3.20. The summed E-state index contributed by atoms with van der Waals surface area (Å²) in [6.45, 7) is 0. The first-order chi connectivity index (χ1) is 11.5. The van der Waals surface area contributed by atoms with Crippen LogP contribution in [0.5, 0.6) is 0 Å². The Bertz CT molecular complexity index is 780. The van der Waals surface area contributed by atoms with E-state index in [2.05, 4.69) is 5.32 Å². The summed E-state index contributed by atoms with van der Waals surface area (Å²) < 4.78 is 45.0. The van der Waals surface area contributed by atoms with Crippen LogP contribution in [0.25, 0.3) is 11.1 Å². The topological polar surface area (TPSA) is 86.6 Å². The second-order valence-corrected chi connectivity index (χ2v) is 4.87. The number of amides is 1. The second kappa shape index (κ2) is 8.34. The van der Waals surface area contributed by atoms with Gasteiger partial charge in [0.1, 0.15) is 5.82 Å². The van der Waals surface area contributed by atoms with E-state index in [0.29, 0.717) is 21.8 Å². The lowest BCUT2D eigenvalue weighted by atomic mass is 10.0. The van der Waals surface area contributed by atoms with Gasteiger partial charge in [0, 0.05) is 10.6 Å². The van der Waals surface area contributed by atoms with Crippen LogP contribution in [-0.4, -0.2) is 28.5 Å². The summed E-state index contributed by atoms with van der Waals surface area (Å²) >= 11 is 5.86. The Morgan fingerprint density at radius 3 is 2.12 bits per heavy atom. The fourth-order valence-electron chi connectivity index (χ4n) is 1.64. The molecule has 0 fully saturated rings. The molecule has 1 amide bonds. The van der Waals surface area contributed by atoms with Crippen LogP contribution >= 0.6 is 11.6 Å². The molecule has 25 heavy (non-hydrogen) atoms. The Balaban J connectivity index is 0.000000381. The number of carboxylic acid groups (broad SMARTS) is 2. The van der Waals surface area contributed by atoms with Gasteiger partial charge in [0.15, 0.2) is 0 Å². The molecule has 2 aromatic rings. The third-order valence-corrected chi connectivity index (χ3v) is 2.84. The average molecular weight is 380 g/mol. The first-order valence-electron chi connectivity index (χ1n) is 6.36. The third kappa shape index (κ3) is 6.68. The summed E-state index contributed by atoms with van der Waals surface area (Å²) in [5.41, 5.74) is 1.40. The highest BCUT2D eigenvalue weighted by Gasteiger charge is 2.38. The van der Waals surface area contributed by atoms with Crippen LogP contribution in [0.3, 0.4) is 0 Å². The highest BCUT2D eigenvalue weighted by atomic mass is 35.5. The van der Waals surface area contributed by atoms with Crippen molar-refractivity contribution in [2.45, 2.75) is 6.18 Å². The Morgan fingerprint density at radius 2 is 1.64 bits per heavy atom. The Labute approximate surface area is 143 Å². The summed E-state index contributed by atoms with van der Waals surface area (Å²) in [7, 11) is 0. The fraction of sp³-hybridized carbons (Fsp3) is 0.0667. The summed E-state index contributed by atoms with van der Waals surface area (Å²) in [6.07, 6.45) is -6.29. The van der Waals surface area contributed by atoms with Crippen LogP contribution in [0.2, 0.25) is 5.02 Å². The molecule has 2 aromatic carbocycles. The Kier molecular flexibility index (Phi) is 6.75. The molecule has 0 aliphatic heterocycles. The number of anilines is 1. The molecular formula is C15H10ClF4NO4. The highest BCUT2D eigenvalue weighted by molar-refractivity contribution is 6.30. The van der Waals surface area contributed by atoms with Gasteiger partial charge in [-0.15, -0.1) is 0 Å². The predicted octanol–water partition coefficient (Wildman–Crippen LogP) is 4.87. The molecule has 0 heterocycles. The molecule has 0 spiro atoms. The zero-order valence-electron chi connectivity index (χ0n) is 12.1. The Hall–Kier alpha value is -2.81. The lowest BCUT2D eigenvalue weighted by Gasteiger charge is -2.09. The first kappa shape index (κ1) is 20.2. The van der Waals surface area contributed by atoms with Crippen LogP contribution in [0.15, 0.2) is 42.5 Å². The molecule has 134 valence electrons. The molecule has 2 rings (SSSR count). The smallest absolute Gasteiger partial charge is 0.475 e. The fourth-order valence-corrected chi connectivity index (χ4v) is 1.83. The van der Waals surface area contributed by atoms with Crippen molar-refractivity contribution in [3.05, 3.63) is 53.3 Å². The van der Waals surface area contributed by atoms with Gasteiger partial charge in [0.25, 0.3) is 0 Å². The third-order valence-electron chi connectivity index (χ3n) is 2.60. The quantitative estimate of drug-likeness (QED) is 0.650. The lowest BCUT2D eigenvalue weighted by Crippen LogP contribution is -2.21. The number of hydrogen-bond donors (Lipinski definition) is 3. The molecule has 0 aliphatic carbocycles. The molecule has 0 bridgehead atoms. The number of carbonyl (C=O) groups is 2. The number of halogens is 5. The van der Waals surface area contributed by atoms with E-state index in [4.69, 9.17) is 26.6 Å². The van der Waals surface area contributed by atoms with Crippen molar-refractivity contribution in [1.82, 2.24) is 0 Å². The van der Waals surface area contributed by atoms with Crippen LogP contribution in [0.4, 0.5) is 28.0 Å². The monoisotopic (exact) mass is 379 g/mol. The average Bonchev–Trinajstić information content (AvgIpc) is 2.48. The number of aliphatic carboxylic acids is 1. The largest absolute Gasteiger partial charge is 0.490 e. The minimum Gasteiger partial charge on any atom is -0.475 e. The molecule has 10 heteroatoms. The molecule has 5 nitrogen and oxygen atoms in total. The normalized spacial score (nSPS) is 10.4. The van der Waals surface area contributed by atoms with Gasteiger partial charge < -0.3 is 10.2 Å². The zero-order chi connectivity index (χ0) is 19.2. The van der Waals surface area contributed by atoms with E-state index < -0.39 is 24.1 Å². The SMILES string of the molecule is O=C(O)C(F)(F)F.O=C(O)Nc1ccc(F)cc1-c1cccc(Cl)c1. The van der Waals surface area contributed by atoms with E-state index in [1.807, 2.05) is 0 Å². The predicted molar refractivity (Wildman–Crippen MR) is 82.2 cm³/mol. The molecule has 0 aliphatic rings. The van der Waals surface area contributed by atoms with Gasteiger partial charge in [-0.3, -0.25) is 5.32 Å². The maximum absolute atomic E-state index is 13.3. The number of carboxylic acids is 1. The standard InChI is InChI=1S/C13H9ClFNO2.C2HF3O2/c14-9-3-1-2-8(6-9)11-7-10(15)4-5-12(11)16-13(17)18;3-2(4,5)1(6)7/h1-7,16H,(H,17,18);(H,6,7). The maximum Gasteiger partial charge on any atom is 0.490 e. The van der Waals surface area contributed by atoms with E-state index in [-0.39, 0.29) is 0 Å². The molecule has 0 unspecified atom stereocenters. The minimum atomic E-state index is -5.08. The molecular weight excluding hydrogens is 370 g/mol. The number of benzene rings is 2. The maximum atomic E-state index is 13.3. The molecule has 0 atom stereocenters. The second-order valence-electron chi connectivity index (χ2n) is 4.43. The van der Waals surface area contributed by atoms with Crippen molar-refractivity contribution in [2.75, 3.05) is 5.32 Å². The van der Waals surface area contributed by atoms with E-state index in [0.717, 1.165) is 0 Å². The van der Waals surface area contributed by atoms with Gasteiger partial charge in [-0.1, -0.05) is 23.7 Å². The number of rotatable bonds is 2. The van der Waals surface area contributed by atoms with Crippen molar-refractivity contribution >= 4 is 29.4 Å². The summed E-state index contributed by atoms with van der Waals surface area (Å²) in [5, 5.41) is 18.6. The van der Waals surface area contributed by atoms with Crippen molar-refractivity contribution in [3.8, 4) is 11.1 Å². The highest BCUT2D eigenvalue weighted by Crippen LogP contribution is 2.30. The van der Waals surface area contributed by atoms with Crippen LogP contribution in [0, 0.1) is 5.82 Å². The van der Waals surface area contributed by atoms with Crippen LogP contribution < -0.4 is 5.32 Å².